The van der Waals surface area contributed by atoms with Crippen LogP contribution in [0.5, 0.6) is 0 Å². The number of aromatic nitrogens is 4. The Labute approximate surface area is 576 Å². The normalized spacial score (nSPS) is 12.7. The van der Waals surface area contributed by atoms with E-state index in [9.17, 15) is 0 Å². The molecule has 0 amide bonds. The maximum atomic E-state index is 6.19. The van der Waals surface area contributed by atoms with Crippen molar-refractivity contribution in [1.29, 1.82) is 0 Å². The summed E-state index contributed by atoms with van der Waals surface area (Å²) in [5.74, 6) is 60.7. The zero-order valence-electron chi connectivity index (χ0n) is 61.4. The van der Waals surface area contributed by atoms with Crippen LogP contribution < -0.4 is 0 Å². The lowest BCUT2D eigenvalue weighted by molar-refractivity contribution is 0.570. The number of H-pyrrole nitrogens is 2. The second kappa shape index (κ2) is 26.6. The summed E-state index contributed by atoms with van der Waals surface area (Å²) in [5.41, 5.74) is 13.9. The van der Waals surface area contributed by atoms with Gasteiger partial charge < -0.3 is 9.97 Å². The lowest BCUT2D eigenvalue weighted by Gasteiger charge is -2.11. The maximum Gasteiger partial charge on any atom is 0.0907 e. The number of nitrogens with zero attached hydrogens (tertiary/aromatic N) is 2. The number of hydrogen-bond acceptors (Lipinski definition) is 2. The first-order valence-corrected chi connectivity index (χ1v) is 33.5. The Hall–Kier alpha value is -10.0. The average molecular weight is 1260 g/mol. The molecular weight excluding hydrogens is 1160 g/mol. The summed E-state index contributed by atoms with van der Waals surface area (Å²) < 4.78 is 0. The van der Waals surface area contributed by atoms with Crippen LogP contribution in [-0.4, -0.2) is 19.9 Å². The van der Waals surface area contributed by atoms with Gasteiger partial charge in [-0.1, -0.05) is 216 Å². The third kappa shape index (κ3) is 17.5. The van der Waals surface area contributed by atoms with Gasteiger partial charge in [0, 0.05) is 65.6 Å². The van der Waals surface area contributed by atoms with Crippen LogP contribution in [0.1, 0.15) is 211 Å². The average Bonchev–Trinajstić information content (AvgIpc) is 1.57. The molecule has 4 nitrogen and oxygen atoms in total. The fourth-order valence-electron chi connectivity index (χ4n) is 10.4. The third-order valence-electron chi connectivity index (χ3n) is 14.6. The van der Waals surface area contributed by atoms with E-state index in [-0.39, 0.29) is 0 Å². The van der Waals surface area contributed by atoms with E-state index in [1.807, 2.05) is 0 Å². The zero-order chi connectivity index (χ0) is 70.1. The molecule has 5 heterocycles. The predicted octanol–water partition coefficient (Wildman–Crippen LogP) is 22.6. The summed E-state index contributed by atoms with van der Waals surface area (Å²) in [6.45, 7) is 51.5. The summed E-state index contributed by atoms with van der Waals surface area (Å²) in [5, 5.41) is 0. The first kappa shape index (κ1) is 70.3. The fourth-order valence-corrected chi connectivity index (χ4v) is 10.4. The van der Waals surface area contributed by atoms with Gasteiger partial charge in [-0.05, 0) is 188 Å². The van der Waals surface area contributed by atoms with Gasteiger partial charge in [-0.2, -0.15) is 0 Å². The minimum absolute atomic E-state index is 0.442. The number of fused-ring (bicyclic) bond motifs is 8. The highest BCUT2D eigenvalue weighted by Gasteiger charge is 2.34. The first-order valence-electron chi connectivity index (χ1n) is 33.5. The topological polar surface area (TPSA) is 57.4 Å². The molecule has 2 aliphatic heterocycles. The van der Waals surface area contributed by atoms with Crippen LogP contribution >= 0.6 is 0 Å². The van der Waals surface area contributed by atoms with Crippen LogP contribution in [0.3, 0.4) is 0 Å². The van der Waals surface area contributed by atoms with E-state index in [4.69, 9.17) is 9.97 Å². The van der Waals surface area contributed by atoms with Gasteiger partial charge in [-0.25, -0.2) is 9.97 Å². The van der Waals surface area contributed by atoms with Crippen molar-refractivity contribution in [2.45, 2.75) is 166 Å². The van der Waals surface area contributed by atoms with Gasteiger partial charge >= 0.3 is 0 Å². The molecule has 0 aliphatic carbocycles. The van der Waals surface area contributed by atoms with Gasteiger partial charge in [0.1, 0.15) is 0 Å². The van der Waals surface area contributed by atoms with Gasteiger partial charge in [-0.3, -0.25) is 0 Å². The molecule has 0 atom stereocenters. The second-order valence-corrected chi connectivity index (χ2v) is 33.3. The van der Waals surface area contributed by atoms with Gasteiger partial charge in [0.15, 0.2) is 0 Å². The number of hydrogen-bond donors (Lipinski definition) is 2. The van der Waals surface area contributed by atoms with Crippen molar-refractivity contribution < 1.29 is 0 Å². The molecule has 0 saturated heterocycles. The zero-order valence-corrected chi connectivity index (χ0v) is 61.4. The second-order valence-electron chi connectivity index (χ2n) is 33.3. The summed E-state index contributed by atoms with van der Waals surface area (Å²) in [6, 6.07) is 42.1. The van der Waals surface area contributed by atoms with Gasteiger partial charge in [0.05, 0.1) is 89.4 Å². The van der Waals surface area contributed by atoms with E-state index in [0.717, 1.165) is 44.5 Å². The third-order valence-corrected chi connectivity index (χ3v) is 14.6. The van der Waals surface area contributed by atoms with E-state index in [1.165, 1.54) is 0 Å². The van der Waals surface area contributed by atoms with Crippen molar-refractivity contribution in [1.82, 2.24) is 19.9 Å². The predicted molar refractivity (Wildman–Crippen MR) is 411 cm³/mol. The Kier molecular flexibility index (Phi) is 19.5. The molecule has 482 valence electrons. The molecule has 8 bridgehead atoms. The summed E-state index contributed by atoms with van der Waals surface area (Å²) >= 11 is 0. The van der Waals surface area contributed by atoms with Crippen LogP contribution in [0.4, 0.5) is 0 Å². The summed E-state index contributed by atoms with van der Waals surface area (Å²) in [7, 11) is 0. The van der Waals surface area contributed by atoms with Gasteiger partial charge in [0.25, 0.3) is 0 Å². The summed E-state index contributed by atoms with van der Waals surface area (Å²) in [4.78, 5) is 20.9. The number of benzene rings is 4. The molecule has 3 aromatic heterocycles. The molecule has 96 heavy (non-hydrogen) atoms. The van der Waals surface area contributed by atoms with Gasteiger partial charge in [-0.15, -0.1) is 0 Å². The van der Waals surface area contributed by atoms with Crippen molar-refractivity contribution in [2.75, 3.05) is 0 Å². The number of rotatable bonds is 4. The quantitative estimate of drug-likeness (QED) is 0.173. The molecule has 2 N–H and O–H groups in total. The van der Waals surface area contributed by atoms with Crippen molar-refractivity contribution in [3.63, 3.8) is 0 Å². The highest BCUT2D eigenvalue weighted by Crippen LogP contribution is 2.48. The van der Waals surface area contributed by atoms with E-state index in [0.29, 0.717) is 89.4 Å². The van der Waals surface area contributed by atoms with Crippen LogP contribution in [0.25, 0.3) is 88.9 Å². The molecule has 0 fully saturated rings. The van der Waals surface area contributed by atoms with E-state index < -0.39 is 43.3 Å². The minimum atomic E-state index is -0.445. The van der Waals surface area contributed by atoms with Crippen molar-refractivity contribution in [3.8, 4) is 139 Å². The van der Waals surface area contributed by atoms with Gasteiger partial charge in [0.2, 0.25) is 0 Å². The molecule has 4 heteroatoms. The first-order chi connectivity index (χ1) is 44.6. The lowest BCUT2D eigenvalue weighted by Crippen LogP contribution is -2.01. The number of allylic oxidation sites excluding steroid dienone is 4. The Bertz CT molecular complexity index is 4390. The Morgan fingerprint density at radius 2 is 0.375 bits per heavy atom. The van der Waals surface area contributed by atoms with Crippen molar-refractivity contribution >= 4 is 44.4 Å². The molecule has 0 unspecified atom stereocenters. The highest BCUT2D eigenvalue weighted by molar-refractivity contribution is 6.17. The molecule has 7 aromatic rings. The number of nitrogens with one attached hydrogen (secondary N) is 2. The highest BCUT2D eigenvalue weighted by atomic mass is 14.8. The van der Waals surface area contributed by atoms with E-state index in [1.54, 1.807) is 0 Å². The molecule has 0 radical (unpaired) electrons. The summed E-state index contributed by atoms with van der Waals surface area (Å²) in [6.07, 6.45) is 0. The standard InChI is InChI=1S/C92H94N4/c1-85(2,3)53-45-65-66(46-54-86(4,5)6)78-74(62-39-31-26-32-40-62)80-69(49-57-89(13,14)15)70(50-58-90(16,17)18)82(95-80)76(64-43-35-28-36-44-64)84-72(52-60-92(22,23)24)71(51-59-91(19,20)21)83(96-84)75(63-41-33-27-34-42-63)81-68(48-56-88(10,11)12)67(47-55-87(7,8)9)79(94-81)73(77(65)93-78)61-37-29-25-30-38-61/h25-44,93,96H,1-24H3. The van der Waals surface area contributed by atoms with Crippen molar-refractivity contribution in [2.24, 2.45) is 43.3 Å². The maximum absolute atomic E-state index is 6.19. The monoisotopic (exact) mass is 1250 g/mol. The van der Waals surface area contributed by atoms with Crippen LogP contribution in [-0.2, 0) is 0 Å². The largest absolute Gasteiger partial charge is 0.352 e. The lowest BCUT2D eigenvalue weighted by atomic mass is 9.90. The Morgan fingerprint density at radius 3 is 0.531 bits per heavy atom. The smallest absolute Gasteiger partial charge is 0.0907 e. The van der Waals surface area contributed by atoms with E-state index in [2.05, 4.69) is 392 Å². The molecule has 9 rings (SSSR count). The molecule has 2 aliphatic rings. The van der Waals surface area contributed by atoms with E-state index >= 15 is 0 Å². The molecule has 4 aromatic carbocycles. The Balaban J connectivity index is 1.91. The fraction of sp³-hybridized carbons (Fsp3) is 0.348. The minimum Gasteiger partial charge on any atom is -0.352 e. The SMILES string of the molecule is CC(C)(C)C#CC1=C(C#CC(C)(C)C)c2nc1c(-c1ccccc1)c1[nH]c(c(C#CC(C)(C)C)c1C#CC(C)(C)C)c(-c1ccccc1)c1nc(c(-c3ccccc3)c3[nH]c(c(C#CC(C)(C)C)c3C#CC(C)(C)C)c2-c2ccccc2)C(C#CC(C)(C)C)=C1C#CC(C)(C)C. The van der Waals surface area contributed by atoms with Crippen LogP contribution in [0.15, 0.2) is 121 Å². The Morgan fingerprint density at radius 1 is 0.219 bits per heavy atom. The molecule has 0 spiro atoms. The number of aromatic amines is 2. The molecule has 0 saturated carbocycles. The van der Waals surface area contributed by atoms with Crippen LogP contribution in [0.2, 0.25) is 0 Å². The van der Waals surface area contributed by atoms with Crippen molar-refractivity contribution in [3.05, 3.63) is 166 Å². The molecular formula is C92H94N4. The van der Waals surface area contributed by atoms with Crippen LogP contribution in [0, 0.1) is 138 Å².